The van der Waals surface area contributed by atoms with Crippen LogP contribution in [0.25, 0.3) is 0 Å². The van der Waals surface area contributed by atoms with Gasteiger partial charge in [0.05, 0.1) is 0 Å². The highest BCUT2D eigenvalue weighted by Crippen LogP contribution is 2.40. The highest BCUT2D eigenvalue weighted by molar-refractivity contribution is 5.53. The van der Waals surface area contributed by atoms with E-state index >= 15 is 0 Å². The minimum atomic E-state index is -4.67. The van der Waals surface area contributed by atoms with Crippen LogP contribution in [0, 0.1) is 0 Å². The first kappa shape index (κ1) is 19.5. The molecule has 0 atom stereocenters. The maximum atomic E-state index is 12.5. The Bertz CT molecular complexity index is 923. The Morgan fingerprint density at radius 2 is 1.80 bits per heavy atom. The molecule has 8 heteroatoms. The van der Waals surface area contributed by atoms with E-state index in [1.807, 2.05) is 6.07 Å². The second kappa shape index (κ2) is 7.63. The molecular weight excluding hydrogens is 393 g/mol. The van der Waals surface area contributed by atoms with Gasteiger partial charge >= 0.3 is 6.36 Å². The number of ether oxygens (including phenoxy) is 1. The van der Waals surface area contributed by atoms with Crippen LogP contribution in [-0.4, -0.2) is 28.9 Å². The fourth-order valence-electron chi connectivity index (χ4n) is 4.41. The van der Waals surface area contributed by atoms with Gasteiger partial charge in [0.2, 0.25) is 0 Å². The van der Waals surface area contributed by atoms with Crippen molar-refractivity contribution >= 4 is 11.6 Å². The zero-order chi connectivity index (χ0) is 20.7. The van der Waals surface area contributed by atoms with Gasteiger partial charge in [-0.05, 0) is 55.4 Å². The van der Waals surface area contributed by atoms with E-state index in [-0.39, 0.29) is 5.75 Å². The first-order chi connectivity index (χ1) is 14.4. The van der Waals surface area contributed by atoms with Gasteiger partial charge in [-0.1, -0.05) is 18.9 Å². The third-order valence-electron chi connectivity index (χ3n) is 6.13. The van der Waals surface area contributed by atoms with Gasteiger partial charge in [0.25, 0.3) is 0 Å². The summed E-state index contributed by atoms with van der Waals surface area (Å²) in [6.07, 6.45) is 3.13. The Morgan fingerprint density at radius 3 is 2.53 bits per heavy atom. The average Bonchev–Trinajstić information content (AvgIpc) is 3.44. The number of hydrogen-bond donors (Lipinski definition) is 1. The second-order valence-corrected chi connectivity index (χ2v) is 8.52. The summed E-state index contributed by atoms with van der Waals surface area (Å²) in [5.74, 6) is 3.00. The van der Waals surface area contributed by atoms with Crippen LogP contribution in [0.15, 0.2) is 24.3 Å². The molecule has 1 aromatic heterocycles. The molecule has 0 amide bonds. The van der Waals surface area contributed by atoms with E-state index in [4.69, 9.17) is 9.97 Å². The standard InChI is InChI=1S/C22H25F3N4O/c23-22(24,25)30-18-8-7-16-13-29(10-9-15(16)11-18)20-12-19(26-17-3-1-2-4-17)27-21(28-20)14-5-6-14/h7-8,11-12,14,17H,1-6,9-10,13H2,(H,26,27,28). The number of aromatic nitrogens is 2. The van der Waals surface area contributed by atoms with E-state index < -0.39 is 6.36 Å². The molecule has 1 N–H and O–H groups in total. The van der Waals surface area contributed by atoms with Gasteiger partial charge < -0.3 is 15.0 Å². The number of nitrogens with zero attached hydrogens (tertiary/aromatic N) is 3. The lowest BCUT2D eigenvalue weighted by Crippen LogP contribution is -2.31. The van der Waals surface area contributed by atoms with E-state index in [0.717, 1.165) is 41.4 Å². The first-order valence-electron chi connectivity index (χ1n) is 10.7. The lowest BCUT2D eigenvalue weighted by atomic mass is 9.99. The number of benzene rings is 1. The van der Waals surface area contributed by atoms with Gasteiger partial charge in [-0.25, -0.2) is 9.97 Å². The number of halogens is 3. The summed E-state index contributed by atoms with van der Waals surface area (Å²) in [7, 11) is 0. The van der Waals surface area contributed by atoms with Gasteiger partial charge in [0, 0.05) is 31.1 Å². The average molecular weight is 418 g/mol. The number of fused-ring (bicyclic) bond motifs is 1. The quantitative estimate of drug-likeness (QED) is 0.726. The van der Waals surface area contributed by atoms with Gasteiger partial charge in [-0.15, -0.1) is 13.2 Å². The van der Waals surface area contributed by atoms with Crippen LogP contribution >= 0.6 is 0 Å². The summed E-state index contributed by atoms with van der Waals surface area (Å²) >= 11 is 0. The van der Waals surface area contributed by atoms with E-state index in [1.165, 1.54) is 37.8 Å². The van der Waals surface area contributed by atoms with Crippen molar-refractivity contribution in [3.63, 3.8) is 0 Å². The largest absolute Gasteiger partial charge is 0.573 e. The lowest BCUT2D eigenvalue weighted by molar-refractivity contribution is -0.274. The van der Waals surface area contributed by atoms with Crippen molar-refractivity contribution in [1.29, 1.82) is 0 Å². The van der Waals surface area contributed by atoms with E-state index in [2.05, 4.69) is 15.0 Å². The molecule has 1 aliphatic heterocycles. The van der Waals surface area contributed by atoms with Crippen LogP contribution in [0.3, 0.4) is 0 Å². The molecule has 0 saturated heterocycles. The van der Waals surface area contributed by atoms with Crippen LogP contribution in [0.2, 0.25) is 0 Å². The van der Waals surface area contributed by atoms with Crippen molar-refractivity contribution in [3.8, 4) is 5.75 Å². The van der Waals surface area contributed by atoms with E-state index in [0.29, 0.717) is 31.5 Å². The minimum absolute atomic E-state index is 0.157. The molecule has 0 unspecified atom stereocenters. The molecule has 2 aliphatic carbocycles. The third-order valence-corrected chi connectivity index (χ3v) is 6.13. The van der Waals surface area contributed by atoms with Crippen molar-refractivity contribution in [2.24, 2.45) is 0 Å². The van der Waals surface area contributed by atoms with Gasteiger partial charge in [0.1, 0.15) is 23.2 Å². The number of alkyl halides is 3. The molecule has 30 heavy (non-hydrogen) atoms. The molecule has 5 nitrogen and oxygen atoms in total. The smallest absolute Gasteiger partial charge is 0.406 e. The monoisotopic (exact) mass is 418 g/mol. The summed E-state index contributed by atoms with van der Waals surface area (Å²) in [6, 6.07) is 7.12. The minimum Gasteiger partial charge on any atom is -0.406 e. The molecule has 5 rings (SSSR count). The lowest BCUT2D eigenvalue weighted by Gasteiger charge is -2.30. The van der Waals surface area contributed by atoms with Crippen LogP contribution in [0.4, 0.5) is 24.8 Å². The summed E-state index contributed by atoms with van der Waals surface area (Å²) in [4.78, 5) is 11.8. The Morgan fingerprint density at radius 1 is 1.00 bits per heavy atom. The Kier molecular flexibility index (Phi) is 4.95. The normalized spacial score (nSPS) is 19.6. The Hall–Kier alpha value is -2.51. The number of hydrogen-bond acceptors (Lipinski definition) is 5. The number of rotatable bonds is 5. The molecule has 3 aliphatic rings. The number of nitrogens with one attached hydrogen (secondary N) is 1. The van der Waals surface area contributed by atoms with Crippen LogP contribution in [-0.2, 0) is 13.0 Å². The molecule has 0 radical (unpaired) electrons. The summed E-state index contributed by atoms with van der Waals surface area (Å²) < 4.78 is 41.6. The highest BCUT2D eigenvalue weighted by Gasteiger charge is 2.32. The molecule has 160 valence electrons. The molecule has 2 saturated carbocycles. The molecule has 2 heterocycles. The first-order valence-corrected chi connectivity index (χ1v) is 10.7. The SMILES string of the molecule is FC(F)(F)Oc1ccc2c(c1)CCN(c1cc(NC3CCCC3)nc(C3CC3)n1)C2. The zero-order valence-electron chi connectivity index (χ0n) is 16.7. The highest BCUT2D eigenvalue weighted by atomic mass is 19.4. The maximum Gasteiger partial charge on any atom is 0.573 e. The van der Waals surface area contributed by atoms with Crippen molar-refractivity contribution < 1.29 is 17.9 Å². The fourth-order valence-corrected chi connectivity index (χ4v) is 4.41. The number of anilines is 2. The van der Waals surface area contributed by atoms with Crippen molar-refractivity contribution in [2.75, 3.05) is 16.8 Å². The van der Waals surface area contributed by atoms with Crippen LogP contribution in [0.5, 0.6) is 5.75 Å². The Labute approximate surface area is 173 Å². The van der Waals surface area contributed by atoms with Crippen molar-refractivity contribution in [3.05, 3.63) is 41.2 Å². The van der Waals surface area contributed by atoms with Crippen LogP contribution < -0.4 is 15.0 Å². The molecule has 0 spiro atoms. The van der Waals surface area contributed by atoms with Gasteiger partial charge in [0.15, 0.2) is 0 Å². The molecule has 1 aromatic carbocycles. The summed E-state index contributed by atoms with van der Waals surface area (Å²) in [5, 5.41) is 3.59. The predicted molar refractivity (Wildman–Crippen MR) is 108 cm³/mol. The molecule has 0 bridgehead atoms. The predicted octanol–water partition coefficient (Wildman–Crippen LogP) is 5.17. The second-order valence-electron chi connectivity index (χ2n) is 8.52. The van der Waals surface area contributed by atoms with E-state index in [1.54, 1.807) is 6.07 Å². The zero-order valence-corrected chi connectivity index (χ0v) is 16.7. The molecule has 2 fully saturated rings. The van der Waals surface area contributed by atoms with E-state index in [9.17, 15) is 13.2 Å². The van der Waals surface area contributed by atoms with Gasteiger partial charge in [-0.3, -0.25) is 0 Å². The third kappa shape index (κ3) is 4.47. The molecule has 2 aromatic rings. The Balaban J connectivity index is 1.36. The van der Waals surface area contributed by atoms with Gasteiger partial charge in [-0.2, -0.15) is 0 Å². The topological polar surface area (TPSA) is 50.3 Å². The van der Waals surface area contributed by atoms with Crippen molar-refractivity contribution in [2.45, 2.75) is 69.8 Å². The fraction of sp³-hybridized carbons (Fsp3) is 0.545. The summed E-state index contributed by atoms with van der Waals surface area (Å²) in [6.45, 7) is 1.32. The van der Waals surface area contributed by atoms with Crippen LogP contribution in [0.1, 0.15) is 61.4 Å². The molecular formula is C22H25F3N4O. The summed E-state index contributed by atoms with van der Waals surface area (Å²) in [5.41, 5.74) is 1.90. The van der Waals surface area contributed by atoms with Crippen molar-refractivity contribution in [1.82, 2.24) is 9.97 Å². The maximum absolute atomic E-state index is 12.5.